The van der Waals surface area contributed by atoms with Crippen molar-refractivity contribution in [3.05, 3.63) is 0 Å². The highest BCUT2D eigenvalue weighted by Crippen LogP contribution is 2.50. The normalized spacial score (nSPS) is 37.7. The van der Waals surface area contributed by atoms with Gasteiger partial charge in [0, 0.05) is 0 Å². The second-order valence-electron chi connectivity index (χ2n) is 14.8. The van der Waals surface area contributed by atoms with Crippen molar-refractivity contribution < 1.29 is 8.78 Å². The highest BCUT2D eigenvalue weighted by atomic mass is 19.1. The molecule has 0 radical (unpaired) electrons. The number of halogens is 2. The van der Waals surface area contributed by atoms with Crippen LogP contribution in [0.5, 0.6) is 0 Å². The molecule has 0 spiro atoms. The zero-order valence-corrected chi connectivity index (χ0v) is 22.5. The average Bonchev–Trinajstić information content (AvgIpc) is 2.88. The third-order valence-corrected chi connectivity index (χ3v) is 8.06. The summed E-state index contributed by atoms with van der Waals surface area (Å²) in [7, 11) is 0. The number of hydrogen-bond acceptors (Lipinski definition) is 0. The van der Waals surface area contributed by atoms with Crippen LogP contribution < -0.4 is 0 Å². The van der Waals surface area contributed by atoms with Gasteiger partial charge in [0.25, 0.3) is 0 Å². The van der Waals surface area contributed by atoms with E-state index in [9.17, 15) is 8.78 Å². The zero-order chi connectivity index (χ0) is 23.8. The van der Waals surface area contributed by atoms with E-state index in [-0.39, 0.29) is 7.43 Å². The maximum atomic E-state index is 13.0. The molecule has 0 heterocycles. The van der Waals surface area contributed by atoms with Crippen LogP contribution in [0.25, 0.3) is 0 Å². The summed E-state index contributed by atoms with van der Waals surface area (Å²) in [5, 5.41) is 0. The van der Waals surface area contributed by atoms with Gasteiger partial charge in [-0.25, -0.2) is 8.78 Å². The van der Waals surface area contributed by atoms with E-state index in [0.717, 1.165) is 37.5 Å². The van der Waals surface area contributed by atoms with Gasteiger partial charge in [-0.15, -0.1) is 0 Å². The first-order valence-electron chi connectivity index (χ1n) is 12.5. The molecule has 0 amide bonds. The Morgan fingerprint density at radius 1 is 0.581 bits per heavy atom. The van der Waals surface area contributed by atoms with Gasteiger partial charge in [0.2, 0.25) is 0 Å². The zero-order valence-electron chi connectivity index (χ0n) is 22.5. The van der Waals surface area contributed by atoms with Crippen LogP contribution in [-0.4, -0.2) is 11.3 Å². The SMILES string of the molecule is C.CC1(F)CC(C(C)(C)C)C1.CC1(F)CC(C(C)(C)C)C1.CC1CCC(C(C)(C)C)C1. The molecule has 0 N–H and O–H groups in total. The Morgan fingerprint density at radius 3 is 0.968 bits per heavy atom. The summed E-state index contributed by atoms with van der Waals surface area (Å²) < 4.78 is 26.0. The van der Waals surface area contributed by atoms with Crippen LogP contribution in [0, 0.1) is 39.9 Å². The van der Waals surface area contributed by atoms with Crippen molar-refractivity contribution in [3.8, 4) is 0 Å². The van der Waals surface area contributed by atoms with Gasteiger partial charge in [-0.2, -0.15) is 0 Å². The second-order valence-corrected chi connectivity index (χ2v) is 14.8. The van der Waals surface area contributed by atoms with Crippen LogP contribution in [0.2, 0.25) is 0 Å². The first-order chi connectivity index (χ1) is 13.1. The fourth-order valence-electron chi connectivity index (χ4n) is 5.15. The molecular formula is C29H58F2. The van der Waals surface area contributed by atoms with Gasteiger partial charge in [-0.3, -0.25) is 0 Å². The molecule has 0 aromatic rings. The van der Waals surface area contributed by atoms with Crippen LogP contribution in [0.4, 0.5) is 8.78 Å². The lowest BCUT2D eigenvalue weighted by molar-refractivity contribution is -0.0290. The predicted molar refractivity (Wildman–Crippen MR) is 136 cm³/mol. The third kappa shape index (κ3) is 10.6. The first-order valence-corrected chi connectivity index (χ1v) is 12.5. The van der Waals surface area contributed by atoms with Crippen LogP contribution in [0.3, 0.4) is 0 Å². The molecule has 2 unspecified atom stereocenters. The molecule has 2 heteroatoms. The van der Waals surface area contributed by atoms with E-state index in [2.05, 4.69) is 69.2 Å². The van der Waals surface area contributed by atoms with Gasteiger partial charge in [-0.05, 0) is 92.3 Å². The summed E-state index contributed by atoms with van der Waals surface area (Å²) in [5.74, 6) is 3.18. The van der Waals surface area contributed by atoms with Crippen molar-refractivity contribution in [2.75, 3.05) is 0 Å². The molecule has 0 aromatic carbocycles. The van der Waals surface area contributed by atoms with Crippen LogP contribution in [0.1, 0.15) is 135 Å². The molecule has 0 aromatic heterocycles. The molecular weight excluding hydrogens is 386 g/mol. The Labute approximate surface area is 195 Å². The minimum absolute atomic E-state index is 0. The average molecular weight is 445 g/mol. The van der Waals surface area contributed by atoms with Gasteiger partial charge < -0.3 is 0 Å². The Balaban J connectivity index is 0.000000429. The minimum atomic E-state index is -0.849. The van der Waals surface area contributed by atoms with E-state index in [4.69, 9.17) is 0 Å². The summed E-state index contributed by atoms with van der Waals surface area (Å²) in [5.41, 5.74) is -0.516. The summed E-state index contributed by atoms with van der Waals surface area (Å²) in [4.78, 5) is 0. The van der Waals surface area contributed by atoms with Crippen molar-refractivity contribution in [2.24, 2.45) is 39.9 Å². The topological polar surface area (TPSA) is 0 Å². The second kappa shape index (κ2) is 10.4. The van der Waals surface area contributed by atoms with Crippen LogP contribution in [0.15, 0.2) is 0 Å². The number of alkyl halides is 2. The molecule has 3 saturated carbocycles. The fourth-order valence-corrected chi connectivity index (χ4v) is 5.15. The molecule has 3 aliphatic carbocycles. The van der Waals surface area contributed by atoms with E-state index in [0.29, 0.717) is 28.1 Å². The molecule has 188 valence electrons. The maximum absolute atomic E-state index is 13.0. The van der Waals surface area contributed by atoms with Gasteiger partial charge in [0.05, 0.1) is 0 Å². The molecule has 0 bridgehead atoms. The van der Waals surface area contributed by atoms with E-state index < -0.39 is 11.3 Å². The van der Waals surface area contributed by atoms with Crippen molar-refractivity contribution in [1.29, 1.82) is 0 Å². The molecule has 0 saturated heterocycles. The number of rotatable bonds is 0. The maximum Gasteiger partial charge on any atom is 0.108 e. The van der Waals surface area contributed by atoms with E-state index in [1.165, 1.54) is 19.3 Å². The predicted octanol–water partition coefficient (Wildman–Crippen LogP) is 10.4. The smallest absolute Gasteiger partial charge is 0.108 e. The molecule has 0 aliphatic heterocycles. The monoisotopic (exact) mass is 444 g/mol. The lowest BCUT2D eigenvalue weighted by Gasteiger charge is -2.46. The van der Waals surface area contributed by atoms with Gasteiger partial charge in [-0.1, -0.05) is 83.1 Å². The van der Waals surface area contributed by atoms with E-state index in [1.807, 2.05) is 0 Å². The quantitative estimate of drug-likeness (QED) is 0.348. The van der Waals surface area contributed by atoms with Crippen LogP contribution >= 0.6 is 0 Å². The third-order valence-electron chi connectivity index (χ3n) is 8.06. The van der Waals surface area contributed by atoms with Crippen molar-refractivity contribution >= 4 is 0 Å². The standard InChI is InChI=1S/C10H20.2C9H17F.CH4/c1-8-5-6-9(7-8)10(2,3)4;2*1-8(2,3)7-5-9(4,10)6-7;/h8-9H,5-7H2,1-4H3;2*7H,5-6H2,1-4H3;1H4. The van der Waals surface area contributed by atoms with Crippen molar-refractivity contribution in [1.82, 2.24) is 0 Å². The van der Waals surface area contributed by atoms with Crippen molar-refractivity contribution in [2.45, 2.75) is 147 Å². The largest absolute Gasteiger partial charge is 0.244 e. The Kier molecular flexibility index (Phi) is 10.4. The van der Waals surface area contributed by atoms with Gasteiger partial charge in [0.15, 0.2) is 0 Å². The van der Waals surface area contributed by atoms with E-state index in [1.54, 1.807) is 13.8 Å². The molecule has 31 heavy (non-hydrogen) atoms. The lowest BCUT2D eigenvalue weighted by Crippen LogP contribution is -2.43. The Hall–Kier alpha value is -0.140. The molecule has 3 aliphatic rings. The molecule has 2 atom stereocenters. The molecule has 0 nitrogen and oxygen atoms in total. The summed E-state index contributed by atoms with van der Waals surface area (Å²) >= 11 is 0. The lowest BCUT2D eigenvalue weighted by atomic mass is 9.62. The highest BCUT2D eigenvalue weighted by molar-refractivity contribution is 4.96. The fraction of sp³-hybridized carbons (Fsp3) is 1.00. The minimum Gasteiger partial charge on any atom is -0.244 e. The molecule has 3 rings (SSSR count). The summed E-state index contributed by atoms with van der Waals surface area (Å²) in [6, 6.07) is 0. The molecule has 3 fully saturated rings. The van der Waals surface area contributed by atoms with Gasteiger partial charge >= 0.3 is 0 Å². The number of hydrogen-bond donors (Lipinski definition) is 0. The van der Waals surface area contributed by atoms with E-state index >= 15 is 0 Å². The highest BCUT2D eigenvalue weighted by Gasteiger charge is 2.46. The summed E-state index contributed by atoms with van der Waals surface area (Å²) in [6.07, 6.45) is 7.43. The summed E-state index contributed by atoms with van der Waals surface area (Å²) in [6.45, 7) is 26.0. The van der Waals surface area contributed by atoms with Crippen LogP contribution in [-0.2, 0) is 0 Å². The van der Waals surface area contributed by atoms with Crippen molar-refractivity contribution in [3.63, 3.8) is 0 Å². The Morgan fingerprint density at radius 2 is 0.871 bits per heavy atom. The Bertz CT molecular complexity index is 474. The first kappa shape index (κ1) is 30.9. The van der Waals surface area contributed by atoms with Gasteiger partial charge in [0.1, 0.15) is 11.3 Å².